The van der Waals surface area contributed by atoms with Crippen LogP contribution in [0.1, 0.15) is 112 Å². The molecule has 7 N–H and O–H groups in total. The molecular formula is C33H45N5O6. The van der Waals surface area contributed by atoms with Crippen molar-refractivity contribution in [2.75, 3.05) is 0 Å². The van der Waals surface area contributed by atoms with E-state index in [1.807, 2.05) is 45.0 Å². The third-order valence-corrected chi connectivity index (χ3v) is 8.44. The SMILES string of the molecule is CCC(=O)CCCCCc1nc(O)c2n(c(O)c([C@@H](C)CC)[nH]c(O)c(C(O)c3c[nH]c4ccccc34)[nH]c1=O)CCCC2. The summed E-state index contributed by atoms with van der Waals surface area (Å²) >= 11 is 0. The highest BCUT2D eigenvalue weighted by atomic mass is 16.3. The number of ketones is 1. The number of fused-ring (bicyclic) bond motifs is 2. The highest BCUT2D eigenvalue weighted by Gasteiger charge is 2.23. The number of aliphatic hydroxyl groups is 1. The van der Waals surface area contributed by atoms with Crippen molar-refractivity contribution in [1.82, 2.24) is 24.5 Å². The maximum Gasteiger partial charge on any atom is 0.270 e. The normalized spacial score (nSPS) is 14.0. The number of hydrogen-bond donors (Lipinski definition) is 7. The minimum absolute atomic E-state index is 0.00459. The summed E-state index contributed by atoms with van der Waals surface area (Å²) in [5.41, 5.74) is 0.950. The number of nitrogens with zero attached hydrogens (tertiary/aromatic N) is 2. The molecule has 1 unspecified atom stereocenters. The molecule has 0 amide bonds. The number of benzene rings is 1. The van der Waals surface area contributed by atoms with Crippen molar-refractivity contribution < 1.29 is 25.2 Å². The first-order valence-corrected chi connectivity index (χ1v) is 15.6. The summed E-state index contributed by atoms with van der Waals surface area (Å²) in [6.45, 7) is 6.05. The molecule has 0 saturated heterocycles. The number of Topliss-reactive ketones (excluding diaryl/α,β-unsaturated/α-hetero) is 1. The Morgan fingerprint density at radius 3 is 2.57 bits per heavy atom. The van der Waals surface area contributed by atoms with Crippen molar-refractivity contribution in [3.63, 3.8) is 0 Å². The molecule has 0 aliphatic carbocycles. The molecule has 0 bridgehead atoms. The molecule has 0 saturated carbocycles. The van der Waals surface area contributed by atoms with Crippen LogP contribution in [0.5, 0.6) is 17.6 Å². The Morgan fingerprint density at radius 2 is 1.82 bits per heavy atom. The van der Waals surface area contributed by atoms with E-state index in [1.54, 1.807) is 10.8 Å². The predicted molar refractivity (Wildman–Crippen MR) is 169 cm³/mol. The Balaban J connectivity index is 1.98. The van der Waals surface area contributed by atoms with Crippen LogP contribution in [0.15, 0.2) is 35.3 Å². The van der Waals surface area contributed by atoms with Crippen molar-refractivity contribution in [3.05, 3.63) is 69.2 Å². The number of carbonyl (C=O) groups is 1. The van der Waals surface area contributed by atoms with Crippen molar-refractivity contribution in [1.29, 1.82) is 0 Å². The minimum atomic E-state index is -1.47. The number of hydrogen-bond acceptors (Lipinski definition) is 7. The summed E-state index contributed by atoms with van der Waals surface area (Å²) in [5.74, 6) is -1.13. The molecule has 0 spiro atoms. The zero-order valence-corrected chi connectivity index (χ0v) is 25.8. The second-order valence-corrected chi connectivity index (χ2v) is 11.5. The zero-order valence-electron chi connectivity index (χ0n) is 25.8. The van der Waals surface area contributed by atoms with E-state index in [0.29, 0.717) is 68.1 Å². The lowest BCUT2D eigenvalue weighted by Gasteiger charge is -2.22. The fourth-order valence-corrected chi connectivity index (χ4v) is 5.55. The van der Waals surface area contributed by atoms with Crippen molar-refractivity contribution >= 4 is 16.7 Å². The molecule has 1 aromatic carbocycles. The van der Waals surface area contributed by atoms with Crippen LogP contribution in [0.25, 0.3) is 10.9 Å². The van der Waals surface area contributed by atoms with Crippen LogP contribution in [0.4, 0.5) is 0 Å². The second-order valence-electron chi connectivity index (χ2n) is 11.5. The number of carbonyl (C=O) groups excluding carboxylic acids is 1. The molecule has 4 rings (SSSR count). The Bertz CT molecular complexity index is 1650. The third-order valence-electron chi connectivity index (χ3n) is 8.44. The minimum Gasteiger partial charge on any atom is -0.493 e. The van der Waals surface area contributed by atoms with Gasteiger partial charge in [-0.15, -0.1) is 0 Å². The topological polar surface area (TPSA) is 180 Å². The van der Waals surface area contributed by atoms with Crippen molar-refractivity contribution in [3.8, 4) is 17.6 Å². The van der Waals surface area contributed by atoms with Crippen LogP contribution in [0.2, 0.25) is 0 Å². The van der Waals surface area contributed by atoms with Gasteiger partial charge in [0.15, 0.2) is 0 Å². The van der Waals surface area contributed by atoms with Gasteiger partial charge in [-0.1, -0.05) is 45.4 Å². The van der Waals surface area contributed by atoms with Gasteiger partial charge in [-0.3, -0.25) is 9.59 Å². The Labute approximate surface area is 256 Å². The number of aryl methyl sites for hydroxylation is 1. The predicted octanol–water partition coefficient (Wildman–Crippen LogP) is 5.76. The zero-order chi connectivity index (χ0) is 31.8. The quantitative estimate of drug-likeness (QED) is 0.135. The molecule has 3 heterocycles. The average Bonchev–Trinajstić information content (AvgIpc) is 3.47. The molecule has 11 nitrogen and oxygen atoms in total. The molecule has 1 aliphatic rings. The fourth-order valence-electron chi connectivity index (χ4n) is 5.55. The van der Waals surface area contributed by atoms with Crippen molar-refractivity contribution in [2.24, 2.45) is 0 Å². The number of H-pyrrole nitrogens is 3. The third kappa shape index (κ3) is 7.45. The molecule has 3 aromatic rings. The van der Waals surface area contributed by atoms with Gasteiger partial charge in [-0.2, -0.15) is 0 Å². The van der Waals surface area contributed by atoms with Gasteiger partial charge in [0.1, 0.15) is 23.3 Å². The van der Waals surface area contributed by atoms with E-state index in [0.717, 1.165) is 18.4 Å². The number of aromatic amines is 3. The number of nitrogens with one attached hydrogen (secondary N) is 3. The van der Waals surface area contributed by atoms with Gasteiger partial charge < -0.3 is 39.9 Å². The summed E-state index contributed by atoms with van der Waals surface area (Å²) in [4.78, 5) is 38.5. The number of aliphatic hydroxyl groups excluding tert-OH is 1. The Hall–Kier alpha value is -4.25. The summed E-state index contributed by atoms with van der Waals surface area (Å²) in [5, 5.41) is 46.6. The monoisotopic (exact) mass is 607 g/mol. The number of rotatable bonds is 11. The van der Waals surface area contributed by atoms with Gasteiger partial charge in [0.25, 0.3) is 5.56 Å². The Kier molecular flexibility index (Phi) is 11.1. The molecule has 11 heteroatoms. The summed E-state index contributed by atoms with van der Waals surface area (Å²) in [6.07, 6.45) is 5.74. The first-order chi connectivity index (χ1) is 21.2. The Morgan fingerprint density at radius 1 is 1.05 bits per heavy atom. The lowest BCUT2D eigenvalue weighted by molar-refractivity contribution is -0.118. The highest BCUT2D eigenvalue weighted by molar-refractivity contribution is 5.83. The first kappa shape index (κ1) is 32.7. The maximum atomic E-state index is 13.8. The number of unbranched alkanes of at least 4 members (excludes halogenated alkanes) is 2. The lowest BCUT2D eigenvalue weighted by atomic mass is 10.0. The molecule has 0 fully saturated rings. The number of para-hydroxylation sites is 1. The fraction of sp³-hybridized carbons (Fsp3) is 0.485. The van der Waals surface area contributed by atoms with E-state index in [9.17, 15) is 30.0 Å². The van der Waals surface area contributed by atoms with Crippen LogP contribution < -0.4 is 5.56 Å². The number of aromatic nitrogens is 5. The van der Waals surface area contributed by atoms with Crippen LogP contribution >= 0.6 is 0 Å². The molecule has 2 aromatic heterocycles. The summed E-state index contributed by atoms with van der Waals surface area (Å²) in [7, 11) is 0. The van der Waals surface area contributed by atoms with Crippen LogP contribution in [-0.4, -0.2) is 50.7 Å². The van der Waals surface area contributed by atoms with Gasteiger partial charge in [-0.25, -0.2) is 4.98 Å². The largest absolute Gasteiger partial charge is 0.493 e. The van der Waals surface area contributed by atoms with Gasteiger partial charge in [0.2, 0.25) is 17.6 Å². The molecule has 0 radical (unpaired) electrons. The molecule has 1 aliphatic heterocycles. The summed E-state index contributed by atoms with van der Waals surface area (Å²) < 4.78 is 1.58. The van der Waals surface area contributed by atoms with Gasteiger partial charge in [0.05, 0.1) is 11.4 Å². The van der Waals surface area contributed by atoms with E-state index in [2.05, 4.69) is 19.9 Å². The van der Waals surface area contributed by atoms with E-state index >= 15 is 0 Å². The smallest absolute Gasteiger partial charge is 0.270 e. The van der Waals surface area contributed by atoms with E-state index in [-0.39, 0.29) is 47.0 Å². The highest BCUT2D eigenvalue weighted by Crippen LogP contribution is 2.34. The van der Waals surface area contributed by atoms with E-state index < -0.39 is 17.5 Å². The lowest BCUT2D eigenvalue weighted by Crippen LogP contribution is -2.18. The van der Waals surface area contributed by atoms with Crippen LogP contribution in [0, 0.1) is 0 Å². The van der Waals surface area contributed by atoms with E-state index in [4.69, 9.17) is 0 Å². The van der Waals surface area contributed by atoms with Crippen LogP contribution in [0.3, 0.4) is 0 Å². The van der Waals surface area contributed by atoms with Crippen molar-refractivity contribution in [2.45, 2.75) is 104 Å². The summed E-state index contributed by atoms with van der Waals surface area (Å²) in [6, 6.07) is 7.35. The molecular weight excluding hydrogens is 562 g/mol. The maximum absolute atomic E-state index is 13.8. The van der Waals surface area contributed by atoms with Crippen LogP contribution in [-0.2, 0) is 24.2 Å². The second kappa shape index (κ2) is 15.0. The standard InChI is InChI=1S/C33H45N5O6/c1-4-20(3)27-33(44)38-18-12-11-17-26(38)31(42)35-25(16-8-6-7-13-21(39)5-2)30(41)37-28(32(43)36-27)29(40)23-19-34-24-15-10-9-14-22(23)24/h9-10,14-15,19-20,29,34,36,40,42-44H,4-8,11-13,16-18H2,1-3H3,(H,37,41)/t20-,29?/m0/s1. The molecule has 44 heavy (non-hydrogen) atoms. The first-order valence-electron chi connectivity index (χ1n) is 15.6. The van der Waals surface area contributed by atoms with Gasteiger partial charge in [-0.05, 0) is 51.0 Å². The van der Waals surface area contributed by atoms with Gasteiger partial charge in [0, 0.05) is 48.0 Å². The number of aromatic hydroxyl groups is 3. The van der Waals surface area contributed by atoms with E-state index in [1.165, 1.54) is 0 Å². The van der Waals surface area contributed by atoms with Gasteiger partial charge >= 0.3 is 0 Å². The molecule has 238 valence electrons. The average molecular weight is 608 g/mol. The molecule has 2 atom stereocenters.